The van der Waals surface area contributed by atoms with Gasteiger partial charge in [-0.1, -0.05) is 30.3 Å². The molecule has 1 fully saturated rings. The van der Waals surface area contributed by atoms with Crippen molar-refractivity contribution >= 4 is 16.7 Å². The second kappa shape index (κ2) is 6.79. The van der Waals surface area contributed by atoms with Gasteiger partial charge in [0, 0.05) is 32.2 Å². The van der Waals surface area contributed by atoms with E-state index in [0.717, 1.165) is 24.4 Å². The summed E-state index contributed by atoms with van der Waals surface area (Å²) in [6, 6.07) is 12.4. The lowest BCUT2D eigenvalue weighted by Gasteiger charge is -2.39. The van der Waals surface area contributed by atoms with Gasteiger partial charge in [-0.15, -0.1) is 0 Å². The predicted octanol–water partition coefficient (Wildman–Crippen LogP) is 2.19. The van der Waals surface area contributed by atoms with Gasteiger partial charge >= 0.3 is 0 Å². The van der Waals surface area contributed by atoms with Crippen LogP contribution in [-0.4, -0.2) is 50.3 Å². The lowest BCUT2D eigenvalue weighted by Crippen LogP contribution is -2.57. The molecule has 0 aromatic heterocycles. The Balaban J connectivity index is 1.90. The average Bonchev–Trinajstić information content (AvgIpc) is 2.61. The molecule has 5 nitrogen and oxygen atoms in total. The first-order chi connectivity index (χ1) is 11.6. The third-order valence-corrected chi connectivity index (χ3v) is 4.66. The molecule has 5 heteroatoms. The Kier molecular flexibility index (Phi) is 4.73. The van der Waals surface area contributed by atoms with Crippen LogP contribution in [0, 0.1) is 0 Å². The summed E-state index contributed by atoms with van der Waals surface area (Å²) in [5.74, 6) is 0.791. The van der Waals surface area contributed by atoms with E-state index in [2.05, 4.69) is 28.4 Å². The van der Waals surface area contributed by atoms with Crippen molar-refractivity contribution in [1.82, 2.24) is 10.2 Å². The number of morpholine rings is 1. The van der Waals surface area contributed by atoms with E-state index in [-0.39, 0.29) is 5.91 Å². The molecule has 1 aliphatic heterocycles. The van der Waals surface area contributed by atoms with Crippen molar-refractivity contribution in [2.24, 2.45) is 0 Å². The molecule has 2 aromatic carbocycles. The number of carbonyl (C=O) groups is 1. The van der Waals surface area contributed by atoms with Crippen molar-refractivity contribution in [3.05, 3.63) is 42.0 Å². The van der Waals surface area contributed by atoms with Crippen LogP contribution in [0.2, 0.25) is 0 Å². The molecule has 1 heterocycles. The summed E-state index contributed by atoms with van der Waals surface area (Å²) in [6.45, 7) is 4.45. The molecule has 1 atom stereocenters. The quantitative estimate of drug-likeness (QED) is 0.935. The second-order valence-corrected chi connectivity index (χ2v) is 6.34. The van der Waals surface area contributed by atoms with Crippen LogP contribution < -0.4 is 10.1 Å². The number of nitrogens with zero attached hydrogens (tertiary/aromatic N) is 1. The Morgan fingerprint density at radius 2 is 2.12 bits per heavy atom. The van der Waals surface area contributed by atoms with Gasteiger partial charge in [-0.3, -0.25) is 9.69 Å². The van der Waals surface area contributed by atoms with Crippen molar-refractivity contribution < 1.29 is 14.3 Å². The van der Waals surface area contributed by atoms with Crippen molar-refractivity contribution in [3.63, 3.8) is 0 Å². The van der Waals surface area contributed by atoms with Gasteiger partial charge in [0.25, 0.3) is 5.91 Å². The standard InChI is InChI=1S/C19H24N2O3/c1-19(18(22)20-2)13-21(10-11-24-19)12-16-15-7-5-4-6-14(15)8-9-17(16)23-3/h4-9H,10-13H2,1-3H3,(H,20,22)/t19-/m0/s1. The third kappa shape index (κ3) is 3.09. The number of hydrogen-bond donors (Lipinski definition) is 1. The molecule has 3 rings (SSSR count). The van der Waals surface area contributed by atoms with E-state index in [1.807, 2.05) is 25.1 Å². The molecule has 0 saturated carbocycles. The molecule has 0 spiro atoms. The molecule has 1 amide bonds. The number of nitrogens with one attached hydrogen (secondary N) is 1. The number of ether oxygens (including phenoxy) is 2. The minimum atomic E-state index is -0.815. The molecule has 1 aliphatic rings. The molecule has 0 aliphatic carbocycles. The summed E-state index contributed by atoms with van der Waals surface area (Å²) < 4.78 is 11.3. The van der Waals surface area contributed by atoms with Gasteiger partial charge in [-0.2, -0.15) is 0 Å². The fourth-order valence-corrected chi connectivity index (χ4v) is 3.38. The number of rotatable bonds is 4. The average molecular weight is 328 g/mol. The van der Waals surface area contributed by atoms with Gasteiger partial charge in [-0.05, 0) is 23.8 Å². The molecule has 0 unspecified atom stereocenters. The number of methoxy groups -OCH3 is 1. The third-order valence-electron chi connectivity index (χ3n) is 4.66. The van der Waals surface area contributed by atoms with E-state index in [4.69, 9.17) is 9.47 Å². The molecule has 2 aromatic rings. The van der Waals surface area contributed by atoms with Crippen LogP contribution in [0.1, 0.15) is 12.5 Å². The van der Waals surface area contributed by atoms with Crippen molar-refractivity contribution in [1.29, 1.82) is 0 Å². The van der Waals surface area contributed by atoms with E-state index >= 15 is 0 Å². The maximum absolute atomic E-state index is 12.1. The first-order valence-corrected chi connectivity index (χ1v) is 8.20. The van der Waals surface area contributed by atoms with Crippen LogP contribution in [0.3, 0.4) is 0 Å². The SMILES string of the molecule is CNC(=O)[C@]1(C)CN(Cc2c(OC)ccc3ccccc23)CCO1. The van der Waals surface area contributed by atoms with Crippen molar-refractivity contribution in [2.45, 2.75) is 19.1 Å². The second-order valence-electron chi connectivity index (χ2n) is 6.34. The molecule has 0 bridgehead atoms. The van der Waals surface area contributed by atoms with Gasteiger partial charge in [0.05, 0.1) is 13.7 Å². The van der Waals surface area contributed by atoms with Crippen LogP contribution in [-0.2, 0) is 16.1 Å². The summed E-state index contributed by atoms with van der Waals surface area (Å²) in [5.41, 5.74) is 0.335. The van der Waals surface area contributed by atoms with E-state index in [9.17, 15) is 4.79 Å². The minimum absolute atomic E-state index is 0.0860. The zero-order valence-corrected chi connectivity index (χ0v) is 14.5. The van der Waals surface area contributed by atoms with Crippen LogP contribution in [0.15, 0.2) is 36.4 Å². The van der Waals surface area contributed by atoms with E-state index in [1.54, 1.807) is 14.2 Å². The minimum Gasteiger partial charge on any atom is -0.496 e. The zero-order chi connectivity index (χ0) is 17.2. The maximum Gasteiger partial charge on any atom is 0.253 e. The number of carbonyl (C=O) groups excluding carboxylic acids is 1. The number of fused-ring (bicyclic) bond motifs is 1. The van der Waals surface area contributed by atoms with E-state index < -0.39 is 5.60 Å². The molecule has 1 saturated heterocycles. The van der Waals surface area contributed by atoms with Gasteiger partial charge in [0.2, 0.25) is 0 Å². The topological polar surface area (TPSA) is 50.8 Å². The van der Waals surface area contributed by atoms with Crippen LogP contribution in [0.25, 0.3) is 10.8 Å². The van der Waals surface area contributed by atoms with E-state index in [1.165, 1.54) is 10.8 Å². The Morgan fingerprint density at radius 3 is 2.88 bits per heavy atom. The normalized spacial score (nSPS) is 21.6. The van der Waals surface area contributed by atoms with Crippen molar-refractivity contribution in [2.75, 3.05) is 33.9 Å². The van der Waals surface area contributed by atoms with Gasteiger partial charge < -0.3 is 14.8 Å². The first kappa shape index (κ1) is 16.7. The Morgan fingerprint density at radius 1 is 1.33 bits per heavy atom. The Bertz CT molecular complexity index is 746. The fourth-order valence-electron chi connectivity index (χ4n) is 3.38. The molecule has 1 N–H and O–H groups in total. The lowest BCUT2D eigenvalue weighted by molar-refractivity contribution is -0.156. The molecule has 128 valence electrons. The summed E-state index contributed by atoms with van der Waals surface area (Å²) in [6.07, 6.45) is 0. The van der Waals surface area contributed by atoms with Crippen molar-refractivity contribution in [3.8, 4) is 5.75 Å². The fraction of sp³-hybridized carbons (Fsp3) is 0.421. The predicted molar refractivity (Wildman–Crippen MR) is 94.2 cm³/mol. The highest BCUT2D eigenvalue weighted by Gasteiger charge is 2.38. The highest BCUT2D eigenvalue weighted by molar-refractivity contribution is 5.88. The number of likely N-dealkylation sites (N-methyl/N-ethyl adjacent to an activating group) is 1. The first-order valence-electron chi connectivity index (χ1n) is 8.20. The lowest BCUT2D eigenvalue weighted by atomic mass is 10.00. The largest absolute Gasteiger partial charge is 0.496 e. The summed E-state index contributed by atoms with van der Waals surface area (Å²) in [5, 5.41) is 5.07. The highest BCUT2D eigenvalue weighted by atomic mass is 16.5. The summed E-state index contributed by atoms with van der Waals surface area (Å²) in [7, 11) is 3.34. The molecule has 0 radical (unpaired) electrons. The van der Waals surface area contributed by atoms with Gasteiger partial charge in [-0.25, -0.2) is 0 Å². The molecular weight excluding hydrogens is 304 g/mol. The number of amides is 1. The number of hydrogen-bond acceptors (Lipinski definition) is 4. The monoisotopic (exact) mass is 328 g/mol. The van der Waals surface area contributed by atoms with Crippen LogP contribution in [0.4, 0.5) is 0 Å². The summed E-state index contributed by atoms with van der Waals surface area (Å²) in [4.78, 5) is 14.4. The zero-order valence-electron chi connectivity index (χ0n) is 14.5. The Labute approximate surface area is 142 Å². The smallest absolute Gasteiger partial charge is 0.253 e. The number of benzene rings is 2. The van der Waals surface area contributed by atoms with E-state index in [0.29, 0.717) is 13.2 Å². The maximum atomic E-state index is 12.1. The Hall–Kier alpha value is -2.11. The summed E-state index contributed by atoms with van der Waals surface area (Å²) >= 11 is 0. The molecular formula is C19H24N2O3. The van der Waals surface area contributed by atoms with Gasteiger partial charge in [0.15, 0.2) is 5.60 Å². The van der Waals surface area contributed by atoms with Crippen LogP contribution in [0.5, 0.6) is 5.75 Å². The highest BCUT2D eigenvalue weighted by Crippen LogP contribution is 2.30. The van der Waals surface area contributed by atoms with Crippen LogP contribution >= 0.6 is 0 Å². The van der Waals surface area contributed by atoms with Gasteiger partial charge in [0.1, 0.15) is 5.75 Å². The molecule has 24 heavy (non-hydrogen) atoms.